The number of anilines is 1. The zero-order chi connectivity index (χ0) is 18.8. The zero-order valence-corrected chi connectivity index (χ0v) is 14.7. The van der Waals surface area contributed by atoms with Gasteiger partial charge in [0.15, 0.2) is 11.2 Å². The SMILES string of the molecule is CC(C)Cn1c(N/N=C\c2cccc(O)c2)nc2c1c(=O)[nH]c(=O)n2C. The van der Waals surface area contributed by atoms with Gasteiger partial charge in [-0.3, -0.25) is 14.3 Å². The lowest BCUT2D eigenvalue weighted by molar-refractivity contribution is 0.475. The third kappa shape index (κ3) is 3.37. The Morgan fingerprint density at radius 3 is 2.85 bits per heavy atom. The minimum Gasteiger partial charge on any atom is -0.508 e. The van der Waals surface area contributed by atoms with E-state index in [1.54, 1.807) is 35.9 Å². The molecule has 0 bridgehead atoms. The third-order valence-electron chi connectivity index (χ3n) is 3.80. The molecule has 0 saturated heterocycles. The van der Waals surface area contributed by atoms with Gasteiger partial charge in [-0.25, -0.2) is 10.2 Å². The quantitative estimate of drug-likeness (QED) is 0.469. The number of rotatable bonds is 5. The first kappa shape index (κ1) is 17.5. The Balaban J connectivity index is 2.04. The monoisotopic (exact) mass is 356 g/mol. The van der Waals surface area contributed by atoms with E-state index >= 15 is 0 Å². The summed E-state index contributed by atoms with van der Waals surface area (Å²) in [4.78, 5) is 30.7. The van der Waals surface area contributed by atoms with Gasteiger partial charge >= 0.3 is 5.69 Å². The molecule has 0 atom stereocenters. The van der Waals surface area contributed by atoms with Crippen LogP contribution in [0.25, 0.3) is 11.2 Å². The van der Waals surface area contributed by atoms with Gasteiger partial charge in [0.05, 0.1) is 6.21 Å². The first-order valence-electron chi connectivity index (χ1n) is 8.14. The first-order valence-corrected chi connectivity index (χ1v) is 8.14. The average molecular weight is 356 g/mol. The lowest BCUT2D eigenvalue weighted by Crippen LogP contribution is -2.29. The molecule has 0 aliphatic carbocycles. The van der Waals surface area contributed by atoms with Crippen molar-refractivity contribution in [1.82, 2.24) is 19.1 Å². The van der Waals surface area contributed by atoms with E-state index in [9.17, 15) is 14.7 Å². The highest BCUT2D eigenvalue weighted by Crippen LogP contribution is 2.17. The minimum atomic E-state index is -0.522. The molecule has 3 aromatic rings. The highest BCUT2D eigenvalue weighted by molar-refractivity contribution is 5.81. The number of imidazole rings is 1. The average Bonchev–Trinajstić information content (AvgIpc) is 2.91. The lowest BCUT2D eigenvalue weighted by atomic mass is 10.2. The van der Waals surface area contributed by atoms with Crippen molar-refractivity contribution in [3.05, 3.63) is 50.7 Å². The standard InChI is InChI=1S/C17H20N6O3/c1-10(2)9-23-13-14(22(3)17(26)20-15(13)25)19-16(23)21-18-8-11-5-4-6-12(24)7-11/h4-8,10,24H,9H2,1-3H3,(H,19,21)(H,20,25,26)/b18-8-. The predicted octanol–water partition coefficient (Wildman–Crippen LogP) is 1.23. The van der Waals surface area contributed by atoms with E-state index in [0.29, 0.717) is 23.6 Å². The summed E-state index contributed by atoms with van der Waals surface area (Å²) in [6.45, 7) is 4.56. The molecular weight excluding hydrogens is 336 g/mol. The van der Waals surface area contributed by atoms with Crippen molar-refractivity contribution in [2.75, 3.05) is 5.43 Å². The van der Waals surface area contributed by atoms with Gasteiger partial charge in [-0.1, -0.05) is 26.0 Å². The second kappa shape index (κ2) is 6.87. The number of nitrogens with zero attached hydrogens (tertiary/aromatic N) is 4. The van der Waals surface area contributed by atoms with E-state index < -0.39 is 11.2 Å². The molecule has 2 aromatic heterocycles. The number of aromatic nitrogens is 4. The van der Waals surface area contributed by atoms with Crippen LogP contribution in [0.4, 0.5) is 5.95 Å². The number of fused-ring (bicyclic) bond motifs is 1. The van der Waals surface area contributed by atoms with Crippen molar-refractivity contribution in [2.45, 2.75) is 20.4 Å². The van der Waals surface area contributed by atoms with E-state index in [4.69, 9.17) is 0 Å². The molecule has 0 fully saturated rings. The van der Waals surface area contributed by atoms with Gasteiger partial charge in [-0.15, -0.1) is 0 Å². The molecule has 2 heterocycles. The lowest BCUT2D eigenvalue weighted by Gasteiger charge is -2.10. The van der Waals surface area contributed by atoms with Crippen LogP contribution in [-0.2, 0) is 13.6 Å². The number of phenols is 1. The van der Waals surface area contributed by atoms with Crippen molar-refractivity contribution in [3.63, 3.8) is 0 Å². The maximum absolute atomic E-state index is 12.3. The Morgan fingerprint density at radius 1 is 1.38 bits per heavy atom. The molecule has 0 radical (unpaired) electrons. The summed E-state index contributed by atoms with van der Waals surface area (Å²) < 4.78 is 3.00. The number of H-pyrrole nitrogens is 1. The van der Waals surface area contributed by atoms with Crippen LogP contribution in [0.15, 0.2) is 39.0 Å². The molecule has 0 spiro atoms. The van der Waals surface area contributed by atoms with Crippen molar-refractivity contribution in [1.29, 1.82) is 0 Å². The Kier molecular flexibility index (Phi) is 4.61. The van der Waals surface area contributed by atoms with Gasteiger partial charge in [-0.2, -0.15) is 10.1 Å². The molecule has 136 valence electrons. The summed E-state index contributed by atoms with van der Waals surface area (Å²) >= 11 is 0. The predicted molar refractivity (Wildman–Crippen MR) is 99.8 cm³/mol. The zero-order valence-electron chi connectivity index (χ0n) is 14.7. The van der Waals surface area contributed by atoms with Gasteiger partial charge in [-0.05, 0) is 23.6 Å². The summed E-state index contributed by atoms with van der Waals surface area (Å²) in [5, 5.41) is 13.6. The minimum absolute atomic E-state index is 0.141. The highest BCUT2D eigenvalue weighted by Gasteiger charge is 2.17. The van der Waals surface area contributed by atoms with Crippen molar-refractivity contribution < 1.29 is 5.11 Å². The number of aromatic amines is 1. The van der Waals surface area contributed by atoms with Gasteiger partial charge in [0.25, 0.3) is 5.56 Å². The van der Waals surface area contributed by atoms with Crippen LogP contribution in [0, 0.1) is 5.92 Å². The molecule has 0 aliphatic heterocycles. The summed E-state index contributed by atoms with van der Waals surface area (Å²) in [6, 6.07) is 6.63. The van der Waals surface area contributed by atoms with Crippen molar-refractivity contribution >= 4 is 23.3 Å². The molecule has 3 N–H and O–H groups in total. The molecule has 26 heavy (non-hydrogen) atoms. The molecule has 9 nitrogen and oxygen atoms in total. The largest absolute Gasteiger partial charge is 0.508 e. The fourth-order valence-electron chi connectivity index (χ4n) is 2.63. The molecule has 9 heteroatoms. The molecule has 3 rings (SSSR count). The summed E-state index contributed by atoms with van der Waals surface area (Å²) in [5.41, 5.74) is 3.12. The number of hydrogen-bond acceptors (Lipinski definition) is 6. The van der Waals surface area contributed by atoms with Crippen LogP contribution in [0.1, 0.15) is 19.4 Å². The Bertz CT molecular complexity index is 1090. The van der Waals surface area contributed by atoms with E-state index in [2.05, 4.69) is 20.5 Å². The van der Waals surface area contributed by atoms with Gasteiger partial charge in [0.2, 0.25) is 5.95 Å². The van der Waals surface area contributed by atoms with Crippen LogP contribution in [0.3, 0.4) is 0 Å². The van der Waals surface area contributed by atoms with Gasteiger partial charge < -0.3 is 9.67 Å². The van der Waals surface area contributed by atoms with Crippen LogP contribution in [-0.4, -0.2) is 30.4 Å². The van der Waals surface area contributed by atoms with Gasteiger partial charge in [0.1, 0.15) is 5.75 Å². The molecule has 0 saturated carbocycles. The molecular formula is C17H20N6O3. The summed E-state index contributed by atoms with van der Waals surface area (Å²) in [7, 11) is 1.55. The fraction of sp³-hybridized carbons (Fsp3) is 0.294. The number of benzene rings is 1. The number of aryl methyl sites for hydroxylation is 1. The van der Waals surface area contributed by atoms with Crippen LogP contribution >= 0.6 is 0 Å². The van der Waals surface area contributed by atoms with E-state index in [-0.39, 0.29) is 17.3 Å². The van der Waals surface area contributed by atoms with Crippen LogP contribution < -0.4 is 16.7 Å². The summed E-state index contributed by atoms with van der Waals surface area (Å²) in [6.07, 6.45) is 1.53. The molecule has 0 amide bonds. The van der Waals surface area contributed by atoms with Crippen molar-refractivity contribution in [3.8, 4) is 5.75 Å². The molecule has 1 aromatic carbocycles. The number of phenolic OH excluding ortho intramolecular Hbond substituents is 1. The smallest absolute Gasteiger partial charge is 0.329 e. The second-order valence-corrected chi connectivity index (χ2v) is 6.40. The number of aromatic hydroxyl groups is 1. The normalized spacial score (nSPS) is 11.7. The molecule has 0 aliphatic rings. The molecule has 0 unspecified atom stereocenters. The van der Waals surface area contributed by atoms with E-state index in [1.165, 1.54) is 10.8 Å². The maximum atomic E-state index is 12.3. The maximum Gasteiger partial charge on any atom is 0.329 e. The van der Waals surface area contributed by atoms with Gasteiger partial charge in [0, 0.05) is 13.6 Å². The number of hydrazone groups is 1. The highest BCUT2D eigenvalue weighted by atomic mass is 16.3. The third-order valence-corrected chi connectivity index (χ3v) is 3.80. The van der Waals surface area contributed by atoms with E-state index in [0.717, 1.165) is 0 Å². The van der Waals surface area contributed by atoms with E-state index in [1.807, 2.05) is 13.8 Å². The Hall–Kier alpha value is -3.36. The summed E-state index contributed by atoms with van der Waals surface area (Å²) in [5.74, 6) is 0.749. The topological polar surface area (TPSA) is 117 Å². The van der Waals surface area contributed by atoms with Crippen molar-refractivity contribution in [2.24, 2.45) is 18.1 Å². The van der Waals surface area contributed by atoms with Crippen LogP contribution in [0.2, 0.25) is 0 Å². The first-order chi connectivity index (χ1) is 12.4. The fourth-order valence-corrected chi connectivity index (χ4v) is 2.63. The van der Waals surface area contributed by atoms with Crippen LogP contribution in [0.5, 0.6) is 5.75 Å². The Morgan fingerprint density at radius 2 is 2.15 bits per heavy atom. The second-order valence-electron chi connectivity index (χ2n) is 6.40. The Labute approximate surface area is 148 Å². The number of hydrogen-bond donors (Lipinski definition) is 3. The number of nitrogens with one attached hydrogen (secondary N) is 2.